The van der Waals surface area contributed by atoms with E-state index in [0.717, 1.165) is 16.6 Å². The lowest BCUT2D eigenvalue weighted by Crippen LogP contribution is -2.30. The molecule has 0 atom stereocenters. The molecule has 0 saturated carbocycles. The smallest absolute Gasteiger partial charge is 0.163 e. The van der Waals surface area contributed by atoms with Gasteiger partial charge in [0.15, 0.2) is 5.82 Å². The number of hydrogen-bond donors (Lipinski definition) is 3. The van der Waals surface area contributed by atoms with Crippen molar-refractivity contribution >= 4 is 28.5 Å². The number of aliphatic hydroxyl groups excluding tert-OH is 2. The Morgan fingerprint density at radius 2 is 1.88 bits per heavy atom. The van der Waals surface area contributed by atoms with Crippen LogP contribution in [0.15, 0.2) is 30.3 Å². The lowest BCUT2D eigenvalue weighted by molar-refractivity contribution is 0.281. The second-order valence-corrected chi connectivity index (χ2v) is 5.97. The number of halogens is 1. The molecule has 0 aliphatic heterocycles. The Bertz CT molecular complexity index is 844. The number of aromatic nitrogens is 3. The molecule has 1 aromatic carbocycles. The quantitative estimate of drug-likeness (QED) is 0.638. The van der Waals surface area contributed by atoms with Gasteiger partial charge in [0.05, 0.1) is 18.6 Å². The Hall–Kier alpha value is -2.15. The van der Waals surface area contributed by atoms with Gasteiger partial charge in [-0.2, -0.15) is 0 Å². The normalized spacial score (nSPS) is 11.2. The summed E-state index contributed by atoms with van der Waals surface area (Å²) in [5.74, 6) is 1.23. The predicted molar refractivity (Wildman–Crippen MR) is 95.5 cm³/mol. The molecule has 0 fully saturated rings. The van der Waals surface area contributed by atoms with Crippen LogP contribution in [0.4, 0.5) is 5.82 Å². The second kappa shape index (κ2) is 7.17. The highest BCUT2D eigenvalue weighted by atomic mass is 35.5. The summed E-state index contributed by atoms with van der Waals surface area (Å²) in [6, 6.07) is 9.32. The van der Waals surface area contributed by atoms with E-state index in [9.17, 15) is 10.2 Å². The number of aliphatic hydroxyl groups is 2. The van der Waals surface area contributed by atoms with Crippen LogP contribution in [0, 0.1) is 6.92 Å². The summed E-state index contributed by atoms with van der Waals surface area (Å²) in [5.41, 5.74) is 2.50. The third kappa shape index (κ3) is 3.36. The van der Waals surface area contributed by atoms with E-state index in [1.165, 1.54) is 0 Å². The summed E-state index contributed by atoms with van der Waals surface area (Å²) >= 11 is 6.08. The molecule has 0 bridgehead atoms. The van der Waals surface area contributed by atoms with E-state index in [0.29, 0.717) is 35.4 Å². The van der Waals surface area contributed by atoms with E-state index in [1.54, 1.807) is 6.07 Å². The van der Waals surface area contributed by atoms with Crippen molar-refractivity contribution in [3.63, 3.8) is 0 Å². The van der Waals surface area contributed by atoms with Crippen LogP contribution >= 0.6 is 11.6 Å². The molecule has 3 rings (SSSR count). The maximum atomic E-state index is 9.33. The highest BCUT2D eigenvalue weighted by molar-refractivity contribution is 6.30. The van der Waals surface area contributed by atoms with E-state index < -0.39 is 0 Å². The van der Waals surface area contributed by atoms with E-state index >= 15 is 0 Å². The van der Waals surface area contributed by atoms with Crippen LogP contribution in [0.25, 0.3) is 22.4 Å². The minimum absolute atomic E-state index is 0.0264. The van der Waals surface area contributed by atoms with Gasteiger partial charge >= 0.3 is 0 Å². The number of hydrogen-bond acceptors (Lipinski definition) is 5. The minimum atomic E-state index is -0.0264. The Morgan fingerprint density at radius 1 is 1.12 bits per heavy atom. The van der Waals surface area contributed by atoms with Gasteiger partial charge in [0.25, 0.3) is 0 Å². The first-order valence-corrected chi connectivity index (χ1v) is 8.10. The summed E-state index contributed by atoms with van der Waals surface area (Å²) in [6.45, 7) is 2.66. The zero-order valence-corrected chi connectivity index (χ0v) is 14.1. The monoisotopic (exact) mass is 346 g/mol. The van der Waals surface area contributed by atoms with Crippen molar-refractivity contribution in [2.75, 3.05) is 31.2 Å². The molecule has 24 heavy (non-hydrogen) atoms. The van der Waals surface area contributed by atoms with Crippen LogP contribution in [-0.4, -0.2) is 51.5 Å². The van der Waals surface area contributed by atoms with Gasteiger partial charge in [0.2, 0.25) is 0 Å². The zero-order chi connectivity index (χ0) is 17.1. The van der Waals surface area contributed by atoms with Crippen LogP contribution in [0.1, 0.15) is 5.69 Å². The molecule has 2 aromatic heterocycles. The Balaban J connectivity index is 2.18. The Morgan fingerprint density at radius 3 is 2.54 bits per heavy atom. The number of benzene rings is 1. The minimum Gasteiger partial charge on any atom is -0.395 e. The maximum Gasteiger partial charge on any atom is 0.163 e. The Labute approximate surface area is 144 Å². The number of nitrogens with one attached hydrogen (secondary N) is 1. The molecular formula is C17H19ClN4O2. The molecule has 0 unspecified atom stereocenters. The molecule has 6 nitrogen and oxygen atoms in total. The SMILES string of the molecule is Cc1cc2c(N(CCO)CCO)nc(-c3cccc(Cl)c3)nc2[nH]1. The van der Waals surface area contributed by atoms with Gasteiger partial charge in [-0.15, -0.1) is 0 Å². The summed E-state index contributed by atoms with van der Waals surface area (Å²) in [4.78, 5) is 14.4. The van der Waals surface area contributed by atoms with E-state index in [-0.39, 0.29) is 13.2 Å². The van der Waals surface area contributed by atoms with Gasteiger partial charge < -0.3 is 20.1 Å². The number of fused-ring (bicyclic) bond motifs is 1. The molecule has 0 radical (unpaired) electrons. The lowest BCUT2D eigenvalue weighted by Gasteiger charge is -2.23. The average Bonchev–Trinajstić information content (AvgIpc) is 2.94. The van der Waals surface area contributed by atoms with Crippen molar-refractivity contribution in [1.82, 2.24) is 15.0 Å². The highest BCUT2D eigenvalue weighted by Gasteiger charge is 2.16. The van der Waals surface area contributed by atoms with Gasteiger partial charge in [0.1, 0.15) is 11.5 Å². The largest absolute Gasteiger partial charge is 0.395 e. The molecule has 3 aromatic rings. The summed E-state index contributed by atoms with van der Waals surface area (Å²) < 4.78 is 0. The first kappa shape index (κ1) is 16.7. The number of aryl methyl sites for hydroxylation is 1. The van der Waals surface area contributed by atoms with E-state index in [4.69, 9.17) is 11.6 Å². The van der Waals surface area contributed by atoms with Crippen molar-refractivity contribution in [1.29, 1.82) is 0 Å². The first-order valence-electron chi connectivity index (χ1n) is 7.72. The van der Waals surface area contributed by atoms with Crippen molar-refractivity contribution < 1.29 is 10.2 Å². The average molecular weight is 347 g/mol. The van der Waals surface area contributed by atoms with Crippen LogP contribution in [0.5, 0.6) is 0 Å². The number of nitrogens with zero attached hydrogens (tertiary/aromatic N) is 3. The molecule has 0 aliphatic carbocycles. The summed E-state index contributed by atoms with van der Waals surface area (Å²) in [5, 5.41) is 20.1. The molecule has 2 heterocycles. The number of rotatable bonds is 6. The standard InChI is InChI=1S/C17H19ClN4O2/c1-11-9-14-16(19-11)20-15(12-3-2-4-13(18)10-12)21-17(14)22(5-7-23)6-8-24/h2-4,9-10,23-24H,5-8H2,1H3,(H,19,20,21). The van der Waals surface area contributed by atoms with Crippen LogP contribution in [0.3, 0.4) is 0 Å². The van der Waals surface area contributed by atoms with E-state index in [2.05, 4.69) is 15.0 Å². The molecule has 0 aliphatic rings. The highest BCUT2D eigenvalue weighted by Crippen LogP contribution is 2.29. The van der Waals surface area contributed by atoms with Gasteiger partial charge in [-0.1, -0.05) is 23.7 Å². The van der Waals surface area contributed by atoms with Crippen molar-refractivity contribution in [2.45, 2.75) is 6.92 Å². The fourth-order valence-electron chi connectivity index (χ4n) is 2.69. The molecule has 0 amide bonds. The van der Waals surface area contributed by atoms with E-state index in [1.807, 2.05) is 36.1 Å². The van der Waals surface area contributed by atoms with Crippen molar-refractivity contribution in [3.8, 4) is 11.4 Å². The van der Waals surface area contributed by atoms with Crippen molar-refractivity contribution in [2.24, 2.45) is 0 Å². The Kier molecular flexibility index (Phi) is 4.99. The molecule has 3 N–H and O–H groups in total. The lowest BCUT2D eigenvalue weighted by atomic mass is 10.2. The topological polar surface area (TPSA) is 85.3 Å². The van der Waals surface area contributed by atoms with Gasteiger partial charge in [-0.25, -0.2) is 9.97 Å². The fourth-order valence-corrected chi connectivity index (χ4v) is 2.88. The number of anilines is 1. The van der Waals surface area contributed by atoms with Gasteiger partial charge in [0, 0.05) is 29.4 Å². The number of aromatic amines is 1. The second-order valence-electron chi connectivity index (χ2n) is 5.53. The maximum absolute atomic E-state index is 9.33. The zero-order valence-electron chi connectivity index (χ0n) is 13.3. The summed E-state index contributed by atoms with van der Waals surface area (Å²) in [6.07, 6.45) is 0. The van der Waals surface area contributed by atoms with Crippen molar-refractivity contribution in [3.05, 3.63) is 41.0 Å². The molecule has 126 valence electrons. The third-order valence-corrected chi connectivity index (χ3v) is 3.96. The molecule has 7 heteroatoms. The van der Waals surface area contributed by atoms with Gasteiger partial charge in [-0.3, -0.25) is 0 Å². The molecule has 0 saturated heterocycles. The fraction of sp³-hybridized carbons (Fsp3) is 0.294. The summed E-state index contributed by atoms with van der Waals surface area (Å²) in [7, 11) is 0. The third-order valence-electron chi connectivity index (χ3n) is 3.72. The number of H-pyrrole nitrogens is 1. The molecular weight excluding hydrogens is 328 g/mol. The first-order chi connectivity index (χ1) is 11.6. The molecule has 0 spiro atoms. The van der Waals surface area contributed by atoms with Crippen LogP contribution in [-0.2, 0) is 0 Å². The predicted octanol–water partition coefficient (Wildman–Crippen LogP) is 2.38. The van der Waals surface area contributed by atoms with Gasteiger partial charge in [-0.05, 0) is 25.1 Å². The van der Waals surface area contributed by atoms with Crippen LogP contribution in [0.2, 0.25) is 5.02 Å². The van der Waals surface area contributed by atoms with Crippen LogP contribution < -0.4 is 4.90 Å².